The fourth-order valence-corrected chi connectivity index (χ4v) is 2.97. The molecule has 132 valence electrons. The minimum Gasteiger partial charge on any atom is -0.341 e. The quantitative estimate of drug-likeness (QED) is 0.897. The van der Waals surface area contributed by atoms with Crippen LogP contribution in [-0.4, -0.2) is 55.5 Å². The fourth-order valence-electron chi connectivity index (χ4n) is 2.97. The van der Waals surface area contributed by atoms with E-state index < -0.39 is 0 Å². The van der Waals surface area contributed by atoms with Crippen LogP contribution in [0.5, 0.6) is 0 Å². The summed E-state index contributed by atoms with van der Waals surface area (Å²) in [5, 5.41) is 2.62. The van der Waals surface area contributed by atoms with Gasteiger partial charge in [0.2, 0.25) is 5.91 Å². The lowest BCUT2D eigenvalue weighted by Crippen LogP contribution is -2.46. The van der Waals surface area contributed by atoms with Crippen molar-refractivity contribution in [2.75, 3.05) is 33.7 Å². The molecule has 1 aromatic carbocycles. The molecule has 0 aliphatic carbocycles. The minimum atomic E-state index is -0.256. The number of amides is 3. The van der Waals surface area contributed by atoms with Crippen molar-refractivity contribution in [3.05, 3.63) is 35.6 Å². The molecule has 0 spiro atoms. The van der Waals surface area contributed by atoms with Crippen LogP contribution in [0, 0.1) is 11.7 Å². The number of hydrogen-bond donors (Lipinski definition) is 1. The molecule has 0 radical (unpaired) electrons. The number of nitrogens with zero attached hydrogens (tertiary/aromatic N) is 2. The van der Waals surface area contributed by atoms with Crippen molar-refractivity contribution in [1.82, 2.24) is 15.1 Å². The first-order valence-corrected chi connectivity index (χ1v) is 8.43. The summed E-state index contributed by atoms with van der Waals surface area (Å²) >= 11 is 0. The summed E-state index contributed by atoms with van der Waals surface area (Å²) in [6.45, 7) is 1.53. The Morgan fingerprint density at radius 2 is 2.00 bits per heavy atom. The fraction of sp³-hybridized carbons (Fsp3) is 0.556. The van der Waals surface area contributed by atoms with Gasteiger partial charge in [-0.25, -0.2) is 9.18 Å². The Bertz CT molecular complexity index is 560. The van der Waals surface area contributed by atoms with E-state index in [-0.39, 0.29) is 24.3 Å². The number of aryl methyl sites for hydroxylation is 1. The smallest absolute Gasteiger partial charge is 0.317 e. The molecule has 1 saturated heterocycles. The summed E-state index contributed by atoms with van der Waals surface area (Å²) in [4.78, 5) is 27.0. The molecule has 3 amide bonds. The molecule has 1 fully saturated rings. The van der Waals surface area contributed by atoms with Crippen LogP contribution in [0.4, 0.5) is 9.18 Å². The van der Waals surface area contributed by atoms with Crippen LogP contribution in [-0.2, 0) is 11.2 Å². The Morgan fingerprint density at radius 3 is 2.67 bits per heavy atom. The van der Waals surface area contributed by atoms with E-state index in [1.54, 1.807) is 14.1 Å². The zero-order chi connectivity index (χ0) is 17.5. The summed E-state index contributed by atoms with van der Waals surface area (Å²) in [6, 6.07) is 6.35. The molecule has 1 aromatic rings. The molecule has 0 saturated carbocycles. The SMILES string of the molecule is CN(C)C(=O)NCC(=O)N1CCC[C@@H](CCc2ccc(F)cc2)C1. The number of piperidine rings is 1. The first-order valence-electron chi connectivity index (χ1n) is 8.43. The Labute approximate surface area is 142 Å². The lowest BCUT2D eigenvalue weighted by atomic mass is 9.91. The van der Waals surface area contributed by atoms with Crippen LogP contribution in [0.25, 0.3) is 0 Å². The average molecular weight is 335 g/mol. The Kier molecular flexibility index (Phi) is 6.58. The summed E-state index contributed by atoms with van der Waals surface area (Å²) in [6.07, 6.45) is 3.97. The van der Waals surface area contributed by atoms with Gasteiger partial charge in [-0.05, 0) is 49.3 Å². The van der Waals surface area contributed by atoms with Crippen molar-refractivity contribution in [2.24, 2.45) is 5.92 Å². The van der Waals surface area contributed by atoms with E-state index in [0.29, 0.717) is 5.92 Å². The molecule has 2 rings (SSSR count). The van der Waals surface area contributed by atoms with Crippen LogP contribution in [0.15, 0.2) is 24.3 Å². The van der Waals surface area contributed by atoms with Gasteiger partial charge in [-0.2, -0.15) is 0 Å². The molecule has 1 heterocycles. The van der Waals surface area contributed by atoms with Crippen LogP contribution in [0.3, 0.4) is 0 Å². The van der Waals surface area contributed by atoms with Gasteiger partial charge in [-0.1, -0.05) is 12.1 Å². The van der Waals surface area contributed by atoms with Crippen LogP contribution >= 0.6 is 0 Å². The van der Waals surface area contributed by atoms with Gasteiger partial charge in [-0.3, -0.25) is 4.79 Å². The molecule has 1 aliphatic rings. The maximum atomic E-state index is 12.9. The van der Waals surface area contributed by atoms with Crippen molar-refractivity contribution >= 4 is 11.9 Å². The normalized spacial score (nSPS) is 17.5. The molecule has 5 nitrogen and oxygen atoms in total. The zero-order valence-corrected chi connectivity index (χ0v) is 14.4. The van der Waals surface area contributed by atoms with Crippen molar-refractivity contribution in [1.29, 1.82) is 0 Å². The number of rotatable bonds is 5. The largest absolute Gasteiger partial charge is 0.341 e. The van der Waals surface area contributed by atoms with Gasteiger partial charge in [0.1, 0.15) is 5.82 Å². The van der Waals surface area contributed by atoms with Crippen LogP contribution in [0.1, 0.15) is 24.8 Å². The molecular weight excluding hydrogens is 309 g/mol. The highest BCUT2D eigenvalue weighted by molar-refractivity contribution is 5.83. The van der Waals surface area contributed by atoms with Crippen molar-refractivity contribution in [2.45, 2.75) is 25.7 Å². The number of benzene rings is 1. The Morgan fingerprint density at radius 1 is 1.29 bits per heavy atom. The maximum absolute atomic E-state index is 12.9. The van der Waals surface area contributed by atoms with E-state index in [1.807, 2.05) is 17.0 Å². The second-order valence-electron chi connectivity index (χ2n) is 6.57. The summed E-state index contributed by atoms with van der Waals surface area (Å²) in [7, 11) is 3.29. The second kappa shape index (κ2) is 8.66. The lowest BCUT2D eigenvalue weighted by Gasteiger charge is -2.33. The van der Waals surface area contributed by atoms with Crippen molar-refractivity contribution in [3.63, 3.8) is 0 Å². The molecule has 0 bridgehead atoms. The molecule has 1 atom stereocenters. The number of urea groups is 1. The van der Waals surface area contributed by atoms with Gasteiger partial charge >= 0.3 is 6.03 Å². The Hall–Kier alpha value is -2.11. The van der Waals surface area contributed by atoms with Gasteiger partial charge in [0.15, 0.2) is 0 Å². The summed E-state index contributed by atoms with van der Waals surface area (Å²) in [5.74, 6) is 0.210. The first-order chi connectivity index (χ1) is 11.5. The van der Waals surface area contributed by atoms with Crippen LogP contribution in [0.2, 0.25) is 0 Å². The van der Waals surface area contributed by atoms with E-state index in [4.69, 9.17) is 0 Å². The molecule has 24 heavy (non-hydrogen) atoms. The monoisotopic (exact) mass is 335 g/mol. The standard InChI is InChI=1S/C18H26FN3O2/c1-21(2)18(24)20-12-17(23)22-11-3-4-15(13-22)6-5-14-7-9-16(19)10-8-14/h7-10,15H,3-6,11-13H2,1-2H3,(H,20,24)/t15-/m0/s1. The van der Waals surface area contributed by atoms with Gasteiger partial charge in [0.25, 0.3) is 0 Å². The number of halogens is 1. The van der Waals surface area contributed by atoms with Crippen LogP contribution < -0.4 is 5.32 Å². The van der Waals surface area contributed by atoms with Gasteiger partial charge < -0.3 is 15.1 Å². The molecule has 1 N–H and O–H groups in total. The third kappa shape index (κ3) is 5.51. The van der Waals surface area contributed by atoms with E-state index >= 15 is 0 Å². The molecule has 1 aliphatic heterocycles. The number of likely N-dealkylation sites (tertiary alicyclic amines) is 1. The topological polar surface area (TPSA) is 52.7 Å². The second-order valence-corrected chi connectivity index (χ2v) is 6.57. The molecule has 0 unspecified atom stereocenters. The van der Waals surface area contributed by atoms with Gasteiger partial charge in [0, 0.05) is 27.2 Å². The van der Waals surface area contributed by atoms with Gasteiger partial charge in [0.05, 0.1) is 6.54 Å². The first kappa shape index (κ1) is 18.2. The predicted molar refractivity (Wildman–Crippen MR) is 91.1 cm³/mol. The molecule has 6 heteroatoms. The van der Waals surface area contributed by atoms with E-state index in [0.717, 1.165) is 44.3 Å². The number of hydrogen-bond acceptors (Lipinski definition) is 2. The number of carbonyl (C=O) groups excluding carboxylic acids is 2. The number of carbonyl (C=O) groups is 2. The van der Waals surface area contributed by atoms with E-state index in [9.17, 15) is 14.0 Å². The van der Waals surface area contributed by atoms with Crippen molar-refractivity contribution in [3.8, 4) is 0 Å². The highest BCUT2D eigenvalue weighted by Gasteiger charge is 2.23. The minimum absolute atomic E-state index is 0.0308. The third-order valence-corrected chi connectivity index (χ3v) is 4.42. The maximum Gasteiger partial charge on any atom is 0.317 e. The summed E-state index contributed by atoms with van der Waals surface area (Å²) < 4.78 is 12.9. The van der Waals surface area contributed by atoms with Crippen molar-refractivity contribution < 1.29 is 14.0 Å². The van der Waals surface area contributed by atoms with Gasteiger partial charge in [-0.15, -0.1) is 0 Å². The zero-order valence-electron chi connectivity index (χ0n) is 14.4. The average Bonchev–Trinajstić information content (AvgIpc) is 2.59. The summed E-state index contributed by atoms with van der Waals surface area (Å²) in [5.41, 5.74) is 1.12. The highest BCUT2D eigenvalue weighted by Crippen LogP contribution is 2.21. The lowest BCUT2D eigenvalue weighted by molar-refractivity contribution is -0.131. The number of nitrogens with one attached hydrogen (secondary N) is 1. The predicted octanol–water partition coefficient (Wildman–Crippen LogP) is 2.27. The van der Waals surface area contributed by atoms with E-state index in [2.05, 4.69) is 5.32 Å². The molecule has 0 aromatic heterocycles. The van der Waals surface area contributed by atoms with E-state index in [1.165, 1.54) is 17.0 Å². The molecular formula is C18H26FN3O2. The Balaban J connectivity index is 1.77. The third-order valence-electron chi connectivity index (χ3n) is 4.42. The highest BCUT2D eigenvalue weighted by atomic mass is 19.1.